The minimum Gasteiger partial charge on any atom is -0.421 e. The van der Waals surface area contributed by atoms with E-state index >= 15 is 0 Å². The minimum absolute atomic E-state index is 0.0596. The molecule has 0 bridgehead atoms. The quantitative estimate of drug-likeness (QED) is 0.645. The van der Waals surface area contributed by atoms with Crippen LogP contribution in [0.5, 0.6) is 11.8 Å². The van der Waals surface area contributed by atoms with E-state index < -0.39 is 21.7 Å². The van der Waals surface area contributed by atoms with E-state index in [1.807, 2.05) is 0 Å². The first kappa shape index (κ1) is 20.0. The van der Waals surface area contributed by atoms with E-state index in [9.17, 15) is 17.2 Å². The van der Waals surface area contributed by atoms with Gasteiger partial charge in [0.25, 0.3) is 10.0 Å². The number of aryl methyl sites for hydroxylation is 2. The van der Waals surface area contributed by atoms with Crippen LogP contribution in [-0.2, 0) is 10.0 Å². The van der Waals surface area contributed by atoms with Gasteiger partial charge in [-0.25, -0.2) is 17.2 Å². The third-order valence-corrected chi connectivity index (χ3v) is 5.36. The topological polar surface area (TPSA) is 81.2 Å². The summed E-state index contributed by atoms with van der Waals surface area (Å²) in [4.78, 5) is 7.92. The molecule has 6 nitrogen and oxygen atoms in total. The van der Waals surface area contributed by atoms with Crippen molar-refractivity contribution in [2.75, 3.05) is 4.72 Å². The van der Waals surface area contributed by atoms with Crippen LogP contribution in [0.2, 0.25) is 5.02 Å². The first-order chi connectivity index (χ1) is 13.2. The maximum absolute atomic E-state index is 13.7. The summed E-state index contributed by atoms with van der Waals surface area (Å²) >= 11 is 5.66. The summed E-state index contributed by atoms with van der Waals surface area (Å²) in [6, 6.07) is 8.66. The molecule has 3 rings (SSSR count). The molecule has 0 spiro atoms. The summed E-state index contributed by atoms with van der Waals surface area (Å²) < 4.78 is 59.8. The number of hydrogen-bond acceptors (Lipinski definition) is 5. The first-order valence-electron chi connectivity index (χ1n) is 7.93. The molecular formula is C18H14ClF2N3O3S. The fraction of sp³-hybridized carbons (Fsp3) is 0.111. The molecule has 0 saturated carbocycles. The van der Waals surface area contributed by atoms with Crippen LogP contribution >= 0.6 is 11.6 Å². The van der Waals surface area contributed by atoms with E-state index in [0.29, 0.717) is 0 Å². The van der Waals surface area contributed by atoms with Crippen LogP contribution in [0.3, 0.4) is 0 Å². The number of nitrogens with one attached hydrogen (secondary N) is 1. The number of halogens is 3. The molecule has 0 radical (unpaired) electrons. The second kappa shape index (κ2) is 7.69. The summed E-state index contributed by atoms with van der Waals surface area (Å²) in [5.41, 5.74) is 0.646. The molecule has 0 fully saturated rings. The van der Waals surface area contributed by atoms with E-state index in [-0.39, 0.29) is 38.8 Å². The van der Waals surface area contributed by atoms with E-state index in [0.717, 1.165) is 18.2 Å². The smallest absolute Gasteiger partial charge is 0.322 e. The van der Waals surface area contributed by atoms with Crippen LogP contribution in [0.15, 0.2) is 47.4 Å². The zero-order valence-electron chi connectivity index (χ0n) is 14.7. The maximum Gasteiger partial charge on any atom is 0.322 e. The Kier molecular flexibility index (Phi) is 5.48. The number of benzene rings is 2. The lowest BCUT2D eigenvalue weighted by Crippen LogP contribution is -2.16. The second-order valence-corrected chi connectivity index (χ2v) is 7.86. The van der Waals surface area contributed by atoms with Gasteiger partial charge < -0.3 is 4.74 Å². The Morgan fingerprint density at radius 3 is 2.25 bits per heavy atom. The number of rotatable bonds is 5. The maximum atomic E-state index is 13.7. The van der Waals surface area contributed by atoms with Gasteiger partial charge in [0.1, 0.15) is 5.82 Å². The van der Waals surface area contributed by atoms with Gasteiger partial charge in [0.05, 0.1) is 27.0 Å². The molecule has 1 N–H and O–H groups in total. The van der Waals surface area contributed by atoms with E-state index in [2.05, 4.69) is 14.7 Å². The summed E-state index contributed by atoms with van der Waals surface area (Å²) in [5, 5.41) is -0.318. The number of para-hydroxylation sites is 1. The summed E-state index contributed by atoms with van der Waals surface area (Å²) in [5.74, 6) is -1.37. The van der Waals surface area contributed by atoms with Crippen LogP contribution in [0.1, 0.15) is 11.4 Å². The van der Waals surface area contributed by atoms with Gasteiger partial charge >= 0.3 is 6.01 Å². The largest absolute Gasteiger partial charge is 0.421 e. The molecule has 0 aliphatic carbocycles. The predicted molar refractivity (Wildman–Crippen MR) is 100 cm³/mol. The third kappa shape index (κ3) is 4.20. The van der Waals surface area contributed by atoms with Crippen molar-refractivity contribution >= 4 is 27.3 Å². The Balaban J connectivity index is 1.90. The number of ether oxygens (including phenoxy) is 1. The summed E-state index contributed by atoms with van der Waals surface area (Å²) in [7, 11) is -4.06. The fourth-order valence-corrected chi connectivity index (χ4v) is 3.79. The van der Waals surface area contributed by atoms with Crippen molar-refractivity contribution in [1.29, 1.82) is 0 Å². The van der Waals surface area contributed by atoms with Crippen molar-refractivity contribution in [1.82, 2.24) is 9.97 Å². The van der Waals surface area contributed by atoms with E-state index in [1.165, 1.54) is 18.2 Å². The van der Waals surface area contributed by atoms with Crippen LogP contribution in [0.4, 0.5) is 14.5 Å². The molecule has 28 heavy (non-hydrogen) atoms. The van der Waals surface area contributed by atoms with E-state index in [1.54, 1.807) is 19.9 Å². The Bertz CT molecular complexity index is 1130. The van der Waals surface area contributed by atoms with Gasteiger partial charge in [-0.15, -0.1) is 0 Å². The molecule has 10 heteroatoms. The average Bonchev–Trinajstić information content (AvgIpc) is 2.62. The van der Waals surface area contributed by atoms with Gasteiger partial charge in [-0.05, 0) is 44.2 Å². The first-order valence-corrected chi connectivity index (χ1v) is 9.79. The van der Waals surface area contributed by atoms with E-state index in [4.69, 9.17) is 16.3 Å². The van der Waals surface area contributed by atoms with Gasteiger partial charge in [0, 0.05) is 0 Å². The van der Waals surface area contributed by atoms with Crippen molar-refractivity contribution in [3.05, 3.63) is 70.5 Å². The van der Waals surface area contributed by atoms with Crippen molar-refractivity contribution in [3.8, 4) is 11.8 Å². The fourth-order valence-electron chi connectivity index (χ4n) is 2.34. The van der Waals surface area contributed by atoms with Gasteiger partial charge in [-0.3, -0.25) is 4.72 Å². The Morgan fingerprint density at radius 1 is 1.00 bits per heavy atom. The second-order valence-electron chi connectivity index (χ2n) is 5.77. The Hall–Kier alpha value is -2.78. The minimum atomic E-state index is -4.06. The molecule has 0 aliphatic rings. The normalized spacial score (nSPS) is 11.3. The highest BCUT2D eigenvalue weighted by atomic mass is 35.5. The van der Waals surface area contributed by atoms with Gasteiger partial charge in [-0.1, -0.05) is 23.7 Å². The molecule has 1 heterocycles. The molecular weight excluding hydrogens is 412 g/mol. The zero-order valence-corrected chi connectivity index (χ0v) is 16.3. The lowest BCUT2D eigenvalue weighted by Gasteiger charge is -2.14. The van der Waals surface area contributed by atoms with Gasteiger partial charge in [0.2, 0.25) is 0 Å². The SMILES string of the molecule is Cc1nc(Oc2ccccc2F)nc(C)c1NS(=O)(=O)c1ccc(F)c(Cl)c1. The number of sulfonamides is 1. The number of anilines is 1. The molecule has 1 aromatic heterocycles. The van der Waals surface area contributed by atoms with Gasteiger partial charge in [-0.2, -0.15) is 9.97 Å². The molecule has 2 aromatic carbocycles. The summed E-state index contributed by atoms with van der Waals surface area (Å²) in [6.45, 7) is 3.08. The van der Waals surface area contributed by atoms with Crippen molar-refractivity contribution < 1.29 is 21.9 Å². The van der Waals surface area contributed by atoms with Crippen LogP contribution < -0.4 is 9.46 Å². The van der Waals surface area contributed by atoms with Gasteiger partial charge in [0.15, 0.2) is 11.6 Å². The molecule has 0 saturated heterocycles. The number of aromatic nitrogens is 2. The molecule has 0 aliphatic heterocycles. The van der Waals surface area contributed by atoms with Crippen molar-refractivity contribution in [2.45, 2.75) is 18.7 Å². The third-order valence-electron chi connectivity index (χ3n) is 3.73. The lowest BCUT2D eigenvalue weighted by molar-refractivity contribution is 0.409. The lowest BCUT2D eigenvalue weighted by atomic mass is 10.3. The number of nitrogens with zero attached hydrogens (tertiary/aromatic N) is 2. The predicted octanol–water partition coefficient (Wildman–Crippen LogP) is 4.62. The molecule has 3 aromatic rings. The number of hydrogen-bond donors (Lipinski definition) is 1. The Morgan fingerprint density at radius 2 is 1.64 bits per heavy atom. The molecule has 0 amide bonds. The van der Waals surface area contributed by atoms with Crippen LogP contribution in [0.25, 0.3) is 0 Å². The average molecular weight is 426 g/mol. The van der Waals surface area contributed by atoms with Crippen molar-refractivity contribution in [3.63, 3.8) is 0 Å². The molecule has 146 valence electrons. The van der Waals surface area contributed by atoms with Crippen LogP contribution in [0, 0.1) is 25.5 Å². The highest BCUT2D eigenvalue weighted by Crippen LogP contribution is 2.27. The highest BCUT2D eigenvalue weighted by Gasteiger charge is 2.20. The highest BCUT2D eigenvalue weighted by molar-refractivity contribution is 7.92. The van der Waals surface area contributed by atoms with Crippen molar-refractivity contribution in [2.24, 2.45) is 0 Å². The van der Waals surface area contributed by atoms with Crippen LogP contribution in [-0.4, -0.2) is 18.4 Å². The zero-order chi connectivity index (χ0) is 20.5. The Labute approximate surface area is 165 Å². The summed E-state index contributed by atoms with van der Waals surface area (Å²) in [6.07, 6.45) is 0. The monoisotopic (exact) mass is 425 g/mol. The molecule has 0 unspecified atom stereocenters. The molecule has 0 atom stereocenters. The standard InChI is InChI=1S/C18H14ClF2N3O3S/c1-10-17(24-28(25,26)12-7-8-14(20)13(19)9-12)11(2)23-18(22-10)27-16-6-4-3-5-15(16)21/h3-9,24H,1-2H3.